The number of aromatic nitrogens is 2. The van der Waals surface area contributed by atoms with Crippen LogP contribution in [0, 0.1) is 5.92 Å². The first-order valence-electron chi connectivity index (χ1n) is 7.22. The number of nitrogens with zero attached hydrogens (tertiary/aromatic N) is 3. The van der Waals surface area contributed by atoms with E-state index in [9.17, 15) is 4.79 Å². The molecular weight excluding hydrogens is 334 g/mol. The van der Waals surface area contributed by atoms with Crippen molar-refractivity contribution >= 4 is 22.0 Å². The van der Waals surface area contributed by atoms with Crippen molar-refractivity contribution < 1.29 is 9.53 Å². The van der Waals surface area contributed by atoms with Crippen LogP contribution in [0.5, 0.6) is 0 Å². The van der Waals surface area contributed by atoms with E-state index >= 15 is 0 Å². The monoisotopic (exact) mass is 355 g/mol. The van der Waals surface area contributed by atoms with Crippen molar-refractivity contribution in [2.75, 3.05) is 13.1 Å². The number of halogens is 1. The van der Waals surface area contributed by atoms with Crippen LogP contribution in [0.2, 0.25) is 0 Å². The molecule has 2 atom stereocenters. The van der Waals surface area contributed by atoms with E-state index in [1.807, 2.05) is 26.8 Å². The number of likely N-dealkylation sites (tertiary alicyclic amines) is 1. The fraction of sp³-hybridized carbons (Fsp3) is 0.667. The second-order valence-corrected chi connectivity index (χ2v) is 7.26. The number of amides is 1. The molecule has 0 N–H and O–H groups in total. The van der Waals surface area contributed by atoms with E-state index < -0.39 is 5.60 Å². The fourth-order valence-corrected chi connectivity index (χ4v) is 2.95. The number of hydrogen-bond donors (Lipinski definition) is 0. The molecule has 1 aliphatic rings. The molecule has 1 aromatic heterocycles. The zero-order valence-corrected chi connectivity index (χ0v) is 14.6. The minimum Gasteiger partial charge on any atom is -0.444 e. The summed E-state index contributed by atoms with van der Waals surface area (Å²) in [6, 6.07) is 1.95. The van der Waals surface area contributed by atoms with Gasteiger partial charge in [0.15, 0.2) is 4.73 Å². The van der Waals surface area contributed by atoms with E-state index in [1.165, 1.54) is 0 Å². The summed E-state index contributed by atoms with van der Waals surface area (Å²) in [7, 11) is 0. The van der Waals surface area contributed by atoms with E-state index in [1.54, 1.807) is 11.1 Å². The average Bonchev–Trinajstić information content (AvgIpc) is 2.36. The van der Waals surface area contributed by atoms with Crippen LogP contribution in [-0.2, 0) is 4.74 Å². The highest BCUT2D eigenvalue weighted by atomic mass is 79.9. The lowest BCUT2D eigenvalue weighted by atomic mass is 9.84. The molecule has 2 unspecified atom stereocenters. The average molecular weight is 356 g/mol. The van der Waals surface area contributed by atoms with Crippen LogP contribution in [-0.4, -0.2) is 39.7 Å². The number of rotatable bonds is 1. The van der Waals surface area contributed by atoms with Gasteiger partial charge in [-0.25, -0.2) is 14.8 Å². The summed E-state index contributed by atoms with van der Waals surface area (Å²) in [5.74, 6) is 0.691. The van der Waals surface area contributed by atoms with Crippen molar-refractivity contribution in [2.45, 2.75) is 45.6 Å². The quantitative estimate of drug-likeness (QED) is 0.722. The molecule has 0 saturated carbocycles. The van der Waals surface area contributed by atoms with Gasteiger partial charge in [-0.05, 0) is 55.1 Å². The standard InChI is InChI=1S/C15H22BrN3O2/c1-10-9-19(14(20)21-15(2,3)4)8-6-11(10)12-5-7-17-13(16)18-12/h5,7,10-11H,6,8-9H2,1-4H3. The molecule has 1 saturated heterocycles. The van der Waals surface area contributed by atoms with Gasteiger partial charge in [-0.1, -0.05) is 6.92 Å². The van der Waals surface area contributed by atoms with Crippen LogP contribution in [0.15, 0.2) is 17.0 Å². The van der Waals surface area contributed by atoms with Crippen LogP contribution in [0.4, 0.5) is 4.79 Å². The first-order chi connectivity index (χ1) is 9.76. The molecule has 0 radical (unpaired) electrons. The highest BCUT2D eigenvalue weighted by Crippen LogP contribution is 2.32. The minimum absolute atomic E-state index is 0.225. The van der Waals surface area contributed by atoms with Crippen molar-refractivity contribution in [2.24, 2.45) is 5.92 Å². The predicted molar refractivity (Wildman–Crippen MR) is 84.1 cm³/mol. The Hall–Kier alpha value is -1.17. The Morgan fingerprint density at radius 1 is 1.48 bits per heavy atom. The molecule has 1 aliphatic heterocycles. The normalized spacial score (nSPS) is 23.0. The van der Waals surface area contributed by atoms with E-state index in [0.717, 1.165) is 12.1 Å². The van der Waals surface area contributed by atoms with E-state index in [0.29, 0.717) is 29.7 Å². The SMILES string of the molecule is CC1CN(C(=O)OC(C)(C)C)CCC1c1ccnc(Br)n1. The number of ether oxygens (including phenoxy) is 1. The minimum atomic E-state index is -0.450. The number of carbonyl (C=O) groups excluding carboxylic acids is 1. The molecule has 116 valence electrons. The smallest absolute Gasteiger partial charge is 0.410 e. The van der Waals surface area contributed by atoms with Crippen molar-refractivity contribution in [3.63, 3.8) is 0 Å². The molecule has 0 spiro atoms. The van der Waals surface area contributed by atoms with Crippen LogP contribution in [0.3, 0.4) is 0 Å². The Morgan fingerprint density at radius 3 is 2.76 bits per heavy atom. The summed E-state index contributed by atoms with van der Waals surface area (Å²) in [4.78, 5) is 22.4. The fourth-order valence-electron chi connectivity index (χ4n) is 2.63. The maximum Gasteiger partial charge on any atom is 0.410 e. The highest BCUT2D eigenvalue weighted by molar-refractivity contribution is 9.10. The van der Waals surface area contributed by atoms with Gasteiger partial charge in [0.05, 0.1) is 0 Å². The van der Waals surface area contributed by atoms with E-state index in [-0.39, 0.29) is 6.09 Å². The highest BCUT2D eigenvalue weighted by Gasteiger charge is 2.32. The maximum atomic E-state index is 12.1. The molecule has 0 aromatic carbocycles. The Labute approximate surface area is 134 Å². The Morgan fingerprint density at radius 2 is 2.19 bits per heavy atom. The van der Waals surface area contributed by atoms with E-state index in [2.05, 4.69) is 32.8 Å². The molecule has 0 bridgehead atoms. The van der Waals surface area contributed by atoms with Gasteiger partial charge in [-0.15, -0.1) is 0 Å². The first-order valence-corrected chi connectivity index (χ1v) is 8.02. The lowest BCUT2D eigenvalue weighted by Crippen LogP contribution is -2.44. The summed E-state index contributed by atoms with van der Waals surface area (Å²) >= 11 is 3.31. The van der Waals surface area contributed by atoms with Gasteiger partial charge in [0.2, 0.25) is 0 Å². The third kappa shape index (κ3) is 4.40. The Kier molecular flexibility index (Phi) is 4.86. The summed E-state index contributed by atoms with van der Waals surface area (Å²) in [6.07, 6.45) is 2.43. The summed E-state index contributed by atoms with van der Waals surface area (Å²) in [6.45, 7) is 9.21. The summed E-state index contributed by atoms with van der Waals surface area (Å²) in [5.41, 5.74) is 0.586. The van der Waals surface area contributed by atoms with Gasteiger partial charge in [0, 0.05) is 30.9 Å². The second-order valence-electron chi connectivity index (χ2n) is 6.55. The zero-order chi connectivity index (χ0) is 15.6. The Bertz CT molecular complexity index is 516. The number of carbonyl (C=O) groups is 1. The zero-order valence-electron chi connectivity index (χ0n) is 13.0. The van der Waals surface area contributed by atoms with Crippen molar-refractivity contribution in [1.82, 2.24) is 14.9 Å². The van der Waals surface area contributed by atoms with E-state index in [4.69, 9.17) is 4.74 Å². The molecule has 5 nitrogen and oxygen atoms in total. The van der Waals surface area contributed by atoms with Crippen LogP contribution < -0.4 is 0 Å². The van der Waals surface area contributed by atoms with Gasteiger partial charge in [-0.2, -0.15) is 0 Å². The molecule has 21 heavy (non-hydrogen) atoms. The summed E-state index contributed by atoms with van der Waals surface area (Å²) in [5, 5.41) is 0. The summed E-state index contributed by atoms with van der Waals surface area (Å²) < 4.78 is 6.05. The van der Waals surface area contributed by atoms with Crippen molar-refractivity contribution in [3.05, 3.63) is 22.7 Å². The van der Waals surface area contributed by atoms with Crippen molar-refractivity contribution in [1.29, 1.82) is 0 Å². The second kappa shape index (κ2) is 6.30. The van der Waals surface area contributed by atoms with Crippen LogP contribution >= 0.6 is 15.9 Å². The molecule has 1 aromatic rings. The third-order valence-corrected chi connectivity index (χ3v) is 3.97. The number of hydrogen-bond acceptors (Lipinski definition) is 4. The van der Waals surface area contributed by atoms with Gasteiger partial charge in [-0.3, -0.25) is 0 Å². The maximum absolute atomic E-state index is 12.1. The van der Waals surface area contributed by atoms with Crippen LogP contribution in [0.25, 0.3) is 0 Å². The molecule has 0 aliphatic carbocycles. The van der Waals surface area contributed by atoms with Gasteiger partial charge in [0.25, 0.3) is 0 Å². The predicted octanol–water partition coefficient (Wildman–Crippen LogP) is 3.60. The molecule has 6 heteroatoms. The molecule has 2 rings (SSSR count). The molecular formula is C15H22BrN3O2. The number of piperidine rings is 1. The molecule has 1 fully saturated rings. The van der Waals surface area contributed by atoms with Gasteiger partial charge >= 0.3 is 6.09 Å². The molecule has 1 amide bonds. The lowest BCUT2D eigenvalue weighted by molar-refractivity contribution is 0.0153. The molecule has 2 heterocycles. The largest absolute Gasteiger partial charge is 0.444 e. The van der Waals surface area contributed by atoms with Crippen LogP contribution in [0.1, 0.15) is 45.7 Å². The topological polar surface area (TPSA) is 55.3 Å². The lowest BCUT2D eigenvalue weighted by Gasteiger charge is -2.37. The van der Waals surface area contributed by atoms with Gasteiger partial charge in [0.1, 0.15) is 5.60 Å². The third-order valence-electron chi connectivity index (χ3n) is 3.58. The van der Waals surface area contributed by atoms with Gasteiger partial charge < -0.3 is 9.64 Å². The van der Waals surface area contributed by atoms with Crippen molar-refractivity contribution in [3.8, 4) is 0 Å². The Balaban J connectivity index is 2.01. The first kappa shape index (κ1) is 16.2.